The summed E-state index contributed by atoms with van der Waals surface area (Å²) in [7, 11) is 0. The van der Waals surface area contributed by atoms with Crippen LogP contribution in [0, 0.1) is 0 Å². The van der Waals surface area contributed by atoms with Crippen molar-refractivity contribution in [2.75, 3.05) is 0 Å². The highest BCUT2D eigenvalue weighted by atomic mass is 15.0. The van der Waals surface area contributed by atoms with Gasteiger partial charge in [0.1, 0.15) is 0 Å². The minimum Gasteiger partial charge on any atom is -0.253 e. The summed E-state index contributed by atoms with van der Waals surface area (Å²) >= 11 is 0. The Kier molecular flexibility index (Phi) is 7.07. The van der Waals surface area contributed by atoms with Crippen LogP contribution in [-0.2, 0) is 0 Å². The molecule has 3 heterocycles. The summed E-state index contributed by atoms with van der Waals surface area (Å²) in [5.74, 6) is 1.94. The number of aromatic nitrogens is 5. The first-order valence-electron chi connectivity index (χ1n) is 17.3. The van der Waals surface area contributed by atoms with Crippen LogP contribution in [-0.4, -0.2) is 24.9 Å². The summed E-state index contributed by atoms with van der Waals surface area (Å²) in [6.45, 7) is 0. The molecule has 0 aliphatic rings. The standard InChI is InChI=1S/C47H29N5/c1-3-11-31(12-4-1)45-50-46(32-13-5-2-6-14-32)52-47(51-45)33-21-19-30(20-22-33)38-25-26-39(41-17-9-8-16-40(38)41)37-28-35-23-24-36-27-34-15-7-10-18-42(34)49-44(36)43(35)48-29-37/h1-29H. The lowest BCUT2D eigenvalue weighted by Crippen LogP contribution is -2.00. The van der Waals surface area contributed by atoms with E-state index in [1.807, 2.05) is 79.0 Å². The molecule has 0 unspecified atom stereocenters. The lowest BCUT2D eigenvalue weighted by Gasteiger charge is -2.13. The third-order valence-corrected chi connectivity index (χ3v) is 9.73. The molecule has 242 valence electrons. The van der Waals surface area contributed by atoms with Crippen LogP contribution in [0.5, 0.6) is 0 Å². The lowest BCUT2D eigenvalue weighted by molar-refractivity contribution is 1.07. The van der Waals surface area contributed by atoms with Gasteiger partial charge in [0.25, 0.3) is 0 Å². The van der Waals surface area contributed by atoms with E-state index in [0.29, 0.717) is 17.5 Å². The molecule has 10 aromatic rings. The van der Waals surface area contributed by atoms with Crippen molar-refractivity contribution in [3.8, 4) is 56.4 Å². The van der Waals surface area contributed by atoms with Gasteiger partial charge in [0.15, 0.2) is 17.5 Å². The Morgan fingerprint density at radius 3 is 1.44 bits per heavy atom. The molecule has 0 aliphatic heterocycles. The van der Waals surface area contributed by atoms with Gasteiger partial charge in [-0.25, -0.2) is 19.9 Å². The van der Waals surface area contributed by atoms with Gasteiger partial charge in [0.2, 0.25) is 0 Å². The van der Waals surface area contributed by atoms with Gasteiger partial charge in [0.05, 0.1) is 16.6 Å². The molecule has 7 aromatic carbocycles. The molecule has 10 rings (SSSR count). The fourth-order valence-corrected chi connectivity index (χ4v) is 7.12. The average Bonchev–Trinajstić information content (AvgIpc) is 3.23. The number of rotatable bonds is 5. The molecule has 3 aromatic heterocycles. The number of fused-ring (bicyclic) bond motifs is 5. The summed E-state index contributed by atoms with van der Waals surface area (Å²) in [5.41, 5.74) is 10.1. The van der Waals surface area contributed by atoms with E-state index in [4.69, 9.17) is 24.9 Å². The van der Waals surface area contributed by atoms with Crippen LogP contribution in [0.3, 0.4) is 0 Å². The van der Waals surface area contributed by atoms with Crippen molar-refractivity contribution in [3.05, 3.63) is 176 Å². The van der Waals surface area contributed by atoms with Crippen LogP contribution >= 0.6 is 0 Å². The molecule has 0 fully saturated rings. The first-order valence-corrected chi connectivity index (χ1v) is 17.3. The molecule has 0 atom stereocenters. The van der Waals surface area contributed by atoms with Gasteiger partial charge in [-0.2, -0.15) is 0 Å². The van der Waals surface area contributed by atoms with Crippen molar-refractivity contribution in [3.63, 3.8) is 0 Å². The number of pyridine rings is 2. The summed E-state index contributed by atoms with van der Waals surface area (Å²) < 4.78 is 0. The maximum Gasteiger partial charge on any atom is 0.164 e. The van der Waals surface area contributed by atoms with Crippen molar-refractivity contribution in [1.29, 1.82) is 0 Å². The molecule has 0 saturated carbocycles. The first kappa shape index (κ1) is 29.8. The number of nitrogens with zero attached hydrogens (tertiary/aromatic N) is 5. The quantitative estimate of drug-likeness (QED) is 0.135. The third kappa shape index (κ3) is 5.24. The molecule has 0 saturated heterocycles. The highest BCUT2D eigenvalue weighted by molar-refractivity contribution is 6.09. The van der Waals surface area contributed by atoms with E-state index < -0.39 is 0 Å². The average molecular weight is 664 g/mol. The molecule has 0 aliphatic carbocycles. The van der Waals surface area contributed by atoms with Gasteiger partial charge in [-0.15, -0.1) is 0 Å². The van der Waals surface area contributed by atoms with Crippen LogP contribution in [0.4, 0.5) is 0 Å². The minimum atomic E-state index is 0.638. The Morgan fingerprint density at radius 2 is 0.808 bits per heavy atom. The Labute approximate surface area is 300 Å². The van der Waals surface area contributed by atoms with Crippen molar-refractivity contribution in [1.82, 2.24) is 24.9 Å². The van der Waals surface area contributed by atoms with Gasteiger partial charge >= 0.3 is 0 Å². The van der Waals surface area contributed by atoms with E-state index in [-0.39, 0.29) is 0 Å². The monoisotopic (exact) mass is 663 g/mol. The molecule has 0 spiro atoms. The number of hydrogen-bond donors (Lipinski definition) is 0. The fraction of sp³-hybridized carbons (Fsp3) is 0. The van der Waals surface area contributed by atoms with E-state index in [1.54, 1.807) is 0 Å². The third-order valence-electron chi connectivity index (χ3n) is 9.73. The Bertz CT molecular complexity index is 2880. The van der Waals surface area contributed by atoms with Crippen molar-refractivity contribution in [2.24, 2.45) is 0 Å². The predicted molar refractivity (Wildman–Crippen MR) is 213 cm³/mol. The molecule has 0 amide bonds. The minimum absolute atomic E-state index is 0.638. The zero-order valence-electron chi connectivity index (χ0n) is 28.0. The van der Waals surface area contributed by atoms with E-state index in [1.165, 1.54) is 10.8 Å². The molecule has 5 heteroatoms. The molecular formula is C47H29N5. The summed E-state index contributed by atoms with van der Waals surface area (Å²) in [4.78, 5) is 24.7. The van der Waals surface area contributed by atoms with E-state index in [0.717, 1.165) is 71.7 Å². The topological polar surface area (TPSA) is 64.5 Å². The summed E-state index contributed by atoms with van der Waals surface area (Å²) in [5, 5.41) is 5.65. The predicted octanol–water partition coefficient (Wildman–Crippen LogP) is 11.6. The van der Waals surface area contributed by atoms with Gasteiger partial charge in [-0.1, -0.05) is 152 Å². The van der Waals surface area contributed by atoms with Crippen molar-refractivity contribution >= 4 is 43.5 Å². The van der Waals surface area contributed by atoms with Crippen LogP contribution in [0.1, 0.15) is 0 Å². The zero-order valence-corrected chi connectivity index (χ0v) is 28.0. The number of benzene rings is 7. The largest absolute Gasteiger partial charge is 0.253 e. The maximum absolute atomic E-state index is 4.99. The second-order valence-corrected chi connectivity index (χ2v) is 12.9. The molecule has 0 bridgehead atoms. The molecular weight excluding hydrogens is 635 g/mol. The number of para-hydroxylation sites is 1. The highest BCUT2D eigenvalue weighted by Gasteiger charge is 2.15. The molecule has 0 N–H and O–H groups in total. The Balaban J connectivity index is 1.03. The smallest absolute Gasteiger partial charge is 0.164 e. The van der Waals surface area contributed by atoms with E-state index in [2.05, 4.69) is 97.1 Å². The summed E-state index contributed by atoms with van der Waals surface area (Å²) in [6, 6.07) is 58.6. The SMILES string of the molecule is c1ccc(-c2nc(-c3ccccc3)nc(-c3ccc(-c4ccc(-c5cnc6c(ccc7cc8ccccc8nc76)c5)c5ccccc45)cc3)n2)cc1. The van der Waals surface area contributed by atoms with Gasteiger partial charge in [0, 0.05) is 44.6 Å². The van der Waals surface area contributed by atoms with Crippen LogP contribution in [0.15, 0.2) is 176 Å². The molecule has 0 radical (unpaired) electrons. The van der Waals surface area contributed by atoms with Gasteiger partial charge < -0.3 is 0 Å². The first-order chi connectivity index (χ1) is 25.7. The summed E-state index contributed by atoms with van der Waals surface area (Å²) in [6.07, 6.45) is 1.98. The van der Waals surface area contributed by atoms with Crippen LogP contribution in [0.2, 0.25) is 0 Å². The normalized spacial score (nSPS) is 11.5. The zero-order chi connectivity index (χ0) is 34.4. The molecule has 5 nitrogen and oxygen atoms in total. The van der Waals surface area contributed by atoms with Crippen LogP contribution < -0.4 is 0 Å². The van der Waals surface area contributed by atoms with E-state index in [9.17, 15) is 0 Å². The van der Waals surface area contributed by atoms with Crippen molar-refractivity contribution < 1.29 is 0 Å². The van der Waals surface area contributed by atoms with Crippen LogP contribution in [0.25, 0.3) is 99.9 Å². The molecule has 52 heavy (non-hydrogen) atoms. The maximum atomic E-state index is 4.99. The Hall–Kier alpha value is -7.11. The van der Waals surface area contributed by atoms with Gasteiger partial charge in [-0.05, 0) is 45.7 Å². The second kappa shape index (κ2) is 12.3. The second-order valence-electron chi connectivity index (χ2n) is 12.9. The number of hydrogen-bond acceptors (Lipinski definition) is 5. The fourth-order valence-electron chi connectivity index (χ4n) is 7.12. The Morgan fingerprint density at radius 1 is 0.308 bits per heavy atom. The van der Waals surface area contributed by atoms with Crippen molar-refractivity contribution in [2.45, 2.75) is 0 Å². The van der Waals surface area contributed by atoms with Gasteiger partial charge in [-0.3, -0.25) is 4.98 Å². The van der Waals surface area contributed by atoms with E-state index >= 15 is 0 Å². The lowest BCUT2D eigenvalue weighted by atomic mass is 9.92. The highest BCUT2D eigenvalue weighted by Crippen LogP contribution is 2.38.